The zero-order valence-corrected chi connectivity index (χ0v) is 28.9. The lowest BCUT2D eigenvalue weighted by Crippen LogP contribution is -2.53. The minimum absolute atomic E-state index is 0.333. The van der Waals surface area contributed by atoms with Crippen LogP contribution in [0.5, 0.6) is 0 Å². The molecule has 0 heterocycles. The lowest BCUT2D eigenvalue weighted by molar-refractivity contribution is -0.279. The van der Waals surface area contributed by atoms with Crippen molar-refractivity contribution in [2.45, 2.75) is 93.7 Å². The number of hydrogen-bond acceptors (Lipinski definition) is 7. The molecule has 0 aliphatic rings. The molecule has 2 rings (SSSR count). The number of esters is 2. The smallest absolute Gasteiger partial charge is 0.432 e. The molecule has 0 amide bonds. The first-order chi connectivity index (χ1) is 24.2. The van der Waals surface area contributed by atoms with Crippen molar-refractivity contribution in [3.63, 3.8) is 0 Å². The second kappa shape index (κ2) is 19.9. The van der Waals surface area contributed by atoms with Gasteiger partial charge < -0.3 is 23.7 Å². The quantitative estimate of drug-likeness (QED) is 0.0508. The lowest BCUT2D eigenvalue weighted by Gasteiger charge is -2.34. The van der Waals surface area contributed by atoms with Gasteiger partial charge in [0.05, 0.1) is 6.10 Å². The predicted octanol–water partition coefficient (Wildman–Crippen LogP) is 7.98. The Bertz CT molecular complexity index is 1520. The number of halogens is 6. The molecular weight excluding hydrogens is 682 g/mol. The maximum absolute atomic E-state index is 14.6. The minimum atomic E-state index is -5.22. The molecule has 278 valence electrons. The zero-order chi connectivity index (χ0) is 38.1. The minimum Gasteiger partial charge on any atom is -0.456 e. The fraction of sp³-hybridized carbons (Fsp3) is 0.474. The highest BCUT2D eigenvalue weighted by molar-refractivity contribution is 5.83. The van der Waals surface area contributed by atoms with E-state index in [9.17, 15) is 35.9 Å². The Hall–Kier alpha value is -4.30. The van der Waals surface area contributed by atoms with E-state index in [4.69, 9.17) is 23.7 Å². The maximum atomic E-state index is 14.6. The number of alkyl halides is 6. The van der Waals surface area contributed by atoms with Gasteiger partial charge in [-0.25, -0.2) is 9.59 Å². The molecule has 0 aliphatic heterocycles. The predicted molar refractivity (Wildman–Crippen MR) is 177 cm³/mol. The second-order valence-electron chi connectivity index (χ2n) is 11.3. The fourth-order valence-corrected chi connectivity index (χ4v) is 5.29. The van der Waals surface area contributed by atoms with Crippen molar-refractivity contribution in [1.82, 2.24) is 0 Å². The number of carbonyl (C=O) groups is 2. The van der Waals surface area contributed by atoms with Gasteiger partial charge >= 0.3 is 24.3 Å². The Labute approximate surface area is 294 Å². The molecule has 0 saturated heterocycles. The SMILES string of the molecule is C=C[C@H](C#CC#CC[C@@H](OC(=O)[C@](OC)(c1ccccc1)C(F)(F)F)[C@@H](CCCCCCC)OC)OC(=O)[C@](OC)(c1ccccc1)C(F)(F)F. The Kier molecular flexibility index (Phi) is 16.7. The van der Waals surface area contributed by atoms with E-state index in [2.05, 4.69) is 30.3 Å². The molecule has 13 heteroatoms. The normalized spacial score (nSPS) is 15.6. The highest BCUT2D eigenvalue weighted by Crippen LogP contribution is 2.44. The average Bonchev–Trinajstić information content (AvgIpc) is 3.09. The summed E-state index contributed by atoms with van der Waals surface area (Å²) in [6.07, 6.45) is -8.83. The molecule has 5 atom stereocenters. The third-order valence-corrected chi connectivity index (χ3v) is 8.03. The first kappa shape index (κ1) is 42.9. The molecule has 0 aromatic heterocycles. The molecule has 0 unspecified atom stereocenters. The van der Waals surface area contributed by atoms with Gasteiger partial charge in [-0.05, 0) is 30.3 Å². The maximum Gasteiger partial charge on any atom is 0.432 e. The van der Waals surface area contributed by atoms with E-state index in [1.165, 1.54) is 43.5 Å². The van der Waals surface area contributed by atoms with Crippen molar-refractivity contribution in [3.05, 3.63) is 84.4 Å². The molecule has 0 radical (unpaired) electrons. The molecule has 51 heavy (non-hydrogen) atoms. The Morgan fingerprint density at radius 3 is 1.65 bits per heavy atom. The standard InChI is InChI=1S/C38H42F6O7/c1-6-8-9-10-19-26-31(47-3)32(51-34(46)36(49-5,38(42,43)44)29-23-16-12-17-24-29)27-20-13-18-25-30(7-2)50-33(45)35(48-4,37(39,40)41)28-21-14-11-15-22-28/h7,11-12,14-17,21-24,30-32H,2,6,8-10,19,26-27H2,1,3-5H3/t30-,31-,32-,35-,36-/m1/s1. The van der Waals surface area contributed by atoms with Crippen molar-refractivity contribution >= 4 is 11.9 Å². The van der Waals surface area contributed by atoms with Crippen molar-refractivity contribution in [2.75, 3.05) is 21.3 Å². The van der Waals surface area contributed by atoms with Crippen LogP contribution in [0.4, 0.5) is 26.3 Å². The van der Waals surface area contributed by atoms with Crippen LogP contribution < -0.4 is 0 Å². The van der Waals surface area contributed by atoms with E-state index in [-0.39, 0.29) is 6.42 Å². The van der Waals surface area contributed by atoms with Gasteiger partial charge in [0.15, 0.2) is 6.10 Å². The summed E-state index contributed by atoms with van der Waals surface area (Å²) in [5.74, 6) is 6.22. The number of unbranched alkanes of at least 4 members (excludes halogenated alkanes) is 4. The average molecular weight is 725 g/mol. The number of methoxy groups -OCH3 is 3. The van der Waals surface area contributed by atoms with Gasteiger partial charge in [0, 0.05) is 38.9 Å². The van der Waals surface area contributed by atoms with Gasteiger partial charge in [0.25, 0.3) is 11.2 Å². The first-order valence-electron chi connectivity index (χ1n) is 16.1. The largest absolute Gasteiger partial charge is 0.456 e. The van der Waals surface area contributed by atoms with E-state index < -0.39 is 64.9 Å². The topological polar surface area (TPSA) is 80.3 Å². The fourth-order valence-electron chi connectivity index (χ4n) is 5.29. The van der Waals surface area contributed by atoms with Crippen LogP contribution in [-0.2, 0) is 44.5 Å². The monoisotopic (exact) mass is 724 g/mol. The van der Waals surface area contributed by atoms with Gasteiger partial charge in [0.2, 0.25) is 0 Å². The van der Waals surface area contributed by atoms with Crippen LogP contribution in [0.2, 0.25) is 0 Å². The van der Waals surface area contributed by atoms with Gasteiger partial charge in [-0.3, -0.25) is 0 Å². The highest BCUT2D eigenvalue weighted by atomic mass is 19.4. The third kappa shape index (κ3) is 10.6. The van der Waals surface area contributed by atoms with Crippen molar-refractivity contribution < 1.29 is 59.6 Å². The highest BCUT2D eigenvalue weighted by Gasteiger charge is 2.65. The van der Waals surface area contributed by atoms with Crippen molar-refractivity contribution in [2.24, 2.45) is 0 Å². The zero-order valence-electron chi connectivity index (χ0n) is 28.9. The molecule has 0 spiro atoms. The number of rotatable bonds is 18. The Balaban J connectivity index is 2.38. The van der Waals surface area contributed by atoms with E-state index in [0.717, 1.165) is 70.2 Å². The van der Waals surface area contributed by atoms with Crippen LogP contribution in [0.25, 0.3) is 0 Å². The Morgan fingerprint density at radius 1 is 0.725 bits per heavy atom. The van der Waals surface area contributed by atoms with Crippen LogP contribution in [-0.4, -0.2) is 63.9 Å². The van der Waals surface area contributed by atoms with Gasteiger partial charge in [-0.15, -0.1) is 0 Å². The van der Waals surface area contributed by atoms with Crippen LogP contribution in [0, 0.1) is 23.7 Å². The van der Waals surface area contributed by atoms with Gasteiger partial charge in [0.1, 0.15) is 6.10 Å². The summed E-state index contributed by atoms with van der Waals surface area (Å²) in [6.45, 7) is 5.49. The number of hydrogen-bond donors (Lipinski definition) is 0. The second-order valence-corrected chi connectivity index (χ2v) is 11.3. The van der Waals surface area contributed by atoms with Gasteiger partial charge in [-0.1, -0.05) is 112 Å². The van der Waals surface area contributed by atoms with Crippen LogP contribution in [0.15, 0.2) is 73.3 Å². The molecule has 0 aliphatic carbocycles. The van der Waals surface area contributed by atoms with Crippen LogP contribution >= 0.6 is 0 Å². The number of benzene rings is 2. The molecule has 0 bridgehead atoms. The Morgan fingerprint density at radius 2 is 1.22 bits per heavy atom. The van der Waals surface area contributed by atoms with E-state index in [0.29, 0.717) is 12.8 Å². The van der Waals surface area contributed by atoms with Crippen LogP contribution in [0.3, 0.4) is 0 Å². The molecule has 0 fully saturated rings. The molecule has 7 nitrogen and oxygen atoms in total. The number of carbonyl (C=O) groups excluding carboxylic acids is 2. The van der Waals surface area contributed by atoms with Crippen molar-refractivity contribution in [1.29, 1.82) is 0 Å². The summed E-state index contributed by atoms with van der Waals surface area (Å²) in [5.41, 5.74) is -7.92. The molecule has 0 N–H and O–H groups in total. The van der Waals surface area contributed by atoms with E-state index >= 15 is 0 Å². The molecule has 0 saturated carbocycles. The summed E-state index contributed by atoms with van der Waals surface area (Å²) in [6, 6.07) is 12.5. The van der Waals surface area contributed by atoms with Gasteiger partial charge in [-0.2, -0.15) is 26.3 Å². The van der Waals surface area contributed by atoms with Crippen LogP contribution in [0.1, 0.15) is 63.0 Å². The summed E-state index contributed by atoms with van der Waals surface area (Å²) in [4.78, 5) is 26.4. The summed E-state index contributed by atoms with van der Waals surface area (Å²) < 4.78 is 112. The summed E-state index contributed by atoms with van der Waals surface area (Å²) >= 11 is 0. The molecule has 2 aromatic carbocycles. The third-order valence-electron chi connectivity index (χ3n) is 8.03. The molecule has 2 aromatic rings. The lowest BCUT2D eigenvalue weighted by atomic mass is 9.92. The molecular formula is C38H42F6O7. The summed E-state index contributed by atoms with van der Waals surface area (Å²) in [7, 11) is 2.80. The van der Waals surface area contributed by atoms with E-state index in [1.54, 1.807) is 0 Å². The summed E-state index contributed by atoms with van der Waals surface area (Å²) in [5, 5.41) is 0. The van der Waals surface area contributed by atoms with E-state index in [1.807, 2.05) is 6.92 Å². The first-order valence-corrected chi connectivity index (χ1v) is 16.1. The van der Waals surface area contributed by atoms with Crippen molar-refractivity contribution in [3.8, 4) is 23.7 Å². The number of ether oxygens (including phenoxy) is 5.